The van der Waals surface area contributed by atoms with Crippen molar-refractivity contribution in [2.75, 3.05) is 19.6 Å². The van der Waals surface area contributed by atoms with E-state index in [1.54, 1.807) is 0 Å². The van der Waals surface area contributed by atoms with Gasteiger partial charge < -0.3 is 4.74 Å². The van der Waals surface area contributed by atoms with Gasteiger partial charge in [-0.1, -0.05) is 55.0 Å². The molecule has 1 saturated heterocycles. The standard InChI is InChI=1S/C21H25NO2.ClH/c1-17-10-6-7-13-19(17)21(23)24-20(18-11-4-2-5-12-18)16-22-14-8-3-9-15-22;/h2,4-7,10-13,20H,3,8-9,14-16H2,1H3;1H. The third-order valence-electron chi connectivity index (χ3n) is 4.66. The van der Waals surface area contributed by atoms with Crippen LogP contribution in [0.3, 0.4) is 0 Å². The molecular formula is C21H26ClNO2. The molecule has 3 rings (SSSR count). The molecule has 3 nitrogen and oxygen atoms in total. The molecule has 2 aromatic rings. The Balaban J connectivity index is 0.00000225. The third kappa shape index (κ3) is 5.32. The first kappa shape index (κ1) is 19.5. The van der Waals surface area contributed by atoms with E-state index in [-0.39, 0.29) is 24.5 Å². The Morgan fingerprint density at radius 2 is 1.64 bits per heavy atom. The van der Waals surface area contributed by atoms with Crippen LogP contribution in [0.1, 0.15) is 46.9 Å². The van der Waals surface area contributed by atoms with Crippen LogP contribution in [0.4, 0.5) is 0 Å². The summed E-state index contributed by atoms with van der Waals surface area (Å²) >= 11 is 0. The van der Waals surface area contributed by atoms with Gasteiger partial charge in [-0.15, -0.1) is 12.4 Å². The van der Waals surface area contributed by atoms with Crippen molar-refractivity contribution in [2.24, 2.45) is 0 Å². The van der Waals surface area contributed by atoms with E-state index >= 15 is 0 Å². The average Bonchev–Trinajstić information content (AvgIpc) is 2.63. The number of benzene rings is 2. The lowest BCUT2D eigenvalue weighted by molar-refractivity contribution is 0.0177. The highest BCUT2D eigenvalue weighted by atomic mass is 35.5. The highest BCUT2D eigenvalue weighted by molar-refractivity contribution is 5.91. The summed E-state index contributed by atoms with van der Waals surface area (Å²) in [6, 6.07) is 17.7. The van der Waals surface area contributed by atoms with Crippen molar-refractivity contribution in [3.05, 3.63) is 71.3 Å². The minimum absolute atomic E-state index is 0. The molecule has 0 spiro atoms. The number of rotatable bonds is 5. The van der Waals surface area contributed by atoms with E-state index in [0.29, 0.717) is 5.56 Å². The van der Waals surface area contributed by atoms with Gasteiger partial charge in [0.05, 0.1) is 5.56 Å². The molecule has 4 heteroatoms. The molecule has 0 aromatic heterocycles. The molecule has 0 radical (unpaired) electrons. The number of likely N-dealkylation sites (tertiary alicyclic amines) is 1. The smallest absolute Gasteiger partial charge is 0.339 e. The van der Waals surface area contributed by atoms with Crippen molar-refractivity contribution in [3.8, 4) is 0 Å². The van der Waals surface area contributed by atoms with Crippen molar-refractivity contribution in [2.45, 2.75) is 32.3 Å². The summed E-state index contributed by atoms with van der Waals surface area (Å²) in [6.07, 6.45) is 3.53. The SMILES string of the molecule is Cc1ccccc1C(=O)OC(CN1CCCCC1)c1ccccc1.Cl. The number of carbonyl (C=O) groups excluding carboxylic acids is 1. The largest absolute Gasteiger partial charge is 0.453 e. The summed E-state index contributed by atoms with van der Waals surface area (Å²) < 4.78 is 5.93. The summed E-state index contributed by atoms with van der Waals surface area (Å²) in [7, 11) is 0. The minimum Gasteiger partial charge on any atom is -0.453 e. The van der Waals surface area contributed by atoms with E-state index in [0.717, 1.165) is 30.8 Å². The van der Waals surface area contributed by atoms with Crippen LogP contribution in [-0.2, 0) is 4.74 Å². The molecule has 1 aliphatic heterocycles. The first-order chi connectivity index (χ1) is 11.7. The molecule has 1 unspecified atom stereocenters. The second-order valence-corrected chi connectivity index (χ2v) is 6.48. The first-order valence-electron chi connectivity index (χ1n) is 8.78. The molecule has 1 atom stereocenters. The Hall–Kier alpha value is -1.84. The van der Waals surface area contributed by atoms with Crippen molar-refractivity contribution >= 4 is 18.4 Å². The molecule has 1 aliphatic rings. The number of ether oxygens (including phenoxy) is 1. The van der Waals surface area contributed by atoms with Crippen LogP contribution in [0.25, 0.3) is 0 Å². The second-order valence-electron chi connectivity index (χ2n) is 6.48. The summed E-state index contributed by atoms with van der Waals surface area (Å²) in [4.78, 5) is 15.1. The number of aryl methyl sites for hydroxylation is 1. The fourth-order valence-electron chi connectivity index (χ4n) is 3.25. The minimum atomic E-state index is -0.237. The van der Waals surface area contributed by atoms with Gasteiger partial charge in [-0.25, -0.2) is 4.79 Å². The van der Waals surface area contributed by atoms with Gasteiger partial charge in [0.15, 0.2) is 0 Å². The lowest BCUT2D eigenvalue weighted by Gasteiger charge is -2.30. The second kappa shape index (κ2) is 9.59. The van der Waals surface area contributed by atoms with Crippen LogP contribution in [0, 0.1) is 6.92 Å². The van der Waals surface area contributed by atoms with Crippen LogP contribution in [-0.4, -0.2) is 30.5 Å². The van der Waals surface area contributed by atoms with Gasteiger partial charge in [0.1, 0.15) is 6.10 Å². The van der Waals surface area contributed by atoms with Gasteiger partial charge in [0, 0.05) is 6.54 Å². The third-order valence-corrected chi connectivity index (χ3v) is 4.66. The Labute approximate surface area is 156 Å². The first-order valence-corrected chi connectivity index (χ1v) is 8.78. The molecule has 0 N–H and O–H groups in total. The molecule has 0 amide bonds. The van der Waals surface area contributed by atoms with Gasteiger partial charge in [-0.3, -0.25) is 4.90 Å². The topological polar surface area (TPSA) is 29.5 Å². The van der Waals surface area contributed by atoms with E-state index in [2.05, 4.69) is 4.90 Å². The van der Waals surface area contributed by atoms with Gasteiger partial charge in [0.25, 0.3) is 0 Å². The van der Waals surface area contributed by atoms with Crippen molar-refractivity contribution < 1.29 is 9.53 Å². The van der Waals surface area contributed by atoms with Crippen LogP contribution < -0.4 is 0 Å². The Morgan fingerprint density at radius 3 is 2.32 bits per heavy atom. The predicted molar refractivity (Wildman–Crippen MR) is 103 cm³/mol. The fraction of sp³-hybridized carbons (Fsp3) is 0.381. The number of carbonyl (C=O) groups is 1. The Bertz CT molecular complexity index is 669. The molecular weight excluding hydrogens is 334 g/mol. The molecule has 1 heterocycles. The number of halogens is 1. The van der Waals surface area contributed by atoms with Crippen LogP contribution in [0.2, 0.25) is 0 Å². The van der Waals surface area contributed by atoms with Crippen molar-refractivity contribution in [3.63, 3.8) is 0 Å². The summed E-state index contributed by atoms with van der Waals surface area (Å²) in [6.45, 7) is 4.89. The monoisotopic (exact) mass is 359 g/mol. The molecule has 2 aromatic carbocycles. The molecule has 0 saturated carbocycles. The summed E-state index contributed by atoms with van der Waals surface area (Å²) in [5, 5.41) is 0. The number of esters is 1. The zero-order valence-corrected chi connectivity index (χ0v) is 15.5. The predicted octanol–water partition coefficient (Wildman–Crippen LogP) is 4.80. The van der Waals surface area contributed by atoms with E-state index in [1.165, 1.54) is 19.3 Å². The highest BCUT2D eigenvalue weighted by Gasteiger charge is 2.22. The maximum atomic E-state index is 12.7. The van der Waals surface area contributed by atoms with Crippen LogP contribution in [0.15, 0.2) is 54.6 Å². The molecule has 25 heavy (non-hydrogen) atoms. The summed E-state index contributed by atoms with van der Waals surface area (Å²) in [5.41, 5.74) is 2.66. The zero-order valence-electron chi connectivity index (χ0n) is 14.7. The Kier molecular flexibility index (Phi) is 7.48. The van der Waals surface area contributed by atoms with Crippen molar-refractivity contribution in [1.29, 1.82) is 0 Å². The number of nitrogens with zero attached hydrogens (tertiary/aromatic N) is 1. The normalized spacial score (nSPS) is 15.9. The van der Waals surface area contributed by atoms with E-state index in [9.17, 15) is 4.79 Å². The number of hydrogen-bond acceptors (Lipinski definition) is 3. The quantitative estimate of drug-likeness (QED) is 0.718. The average molecular weight is 360 g/mol. The van der Waals surface area contributed by atoms with Gasteiger partial charge in [-0.2, -0.15) is 0 Å². The maximum absolute atomic E-state index is 12.7. The number of hydrogen-bond donors (Lipinski definition) is 0. The van der Waals surface area contributed by atoms with Crippen molar-refractivity contribution in [1.82, 2.24) is 4.90 Å². The van der Waals surface area contributed by atoms with E-state index in [1.807, 2.05) is 61.5 Å². The number of piperidine rings is 1. The highest BCUT2D eigenvalue weighted by Crippen LogP contribution is 2.23. The van der Waals surface area contributed by atoms with Crippen LogP contribution in [0.5, 0.6) is 0 Å². The molecule has 1 fully saturated rings. The lowest BCUT2D eigenvalue weighted by atomic mass is 10.1. The maximum Gasteiger partial charge on any atom is 0.339 e. The van der Waals surface area contributed by atoms with Gasteiger partial charge in [0.2, 0.25) is 0 Å². The van der Waals surface area contributed by atoms with Gasteiger partial charge in [-0.05, 0) is 50.0 Å². The fourth-order valence-corrected chi connectivity index (χ4v) is 3.25. The Morgan fingerprint density at radius 1 is 1.00 bits per heavy atom. The molecule has 0 bridgehead atoms. The van der Waals surface area contributed by atoms with Crippen LogP contribution >= 0.6 is 12.4 Å². The summed E-state index contributed by atoms with van der Waals surface area (Å²) in [5.74, 6) is -0.237. The van der Waals surface area contributed by atoms with E-state index < -0.39 is 0 Å². The zero-order chi connectivity index (χ0) is 16.8. The molecule has 0 aliphatic carbocycles. The molecule has 134 valence electrons. The van der Waals surface area contributed by atoms with E-state index in [4.69, 9.17) is 4.74 Å². The lowest BCUT2D eigenvalue weighted by Crippen LogP contribution is -2.35. The van der Waals surface area contributed by atoms with Gasteiger partial charge >= 0.3 is 5.97 Å².